The average molecular weight is 266 g/mol. The highest BCUT2D eigenvalue weighted by Crippen LogP contribution is 2.22. The lowest BCUT2D eigenvalue weighted by Crippen LogP contribution is -2.16. The summed E-state index contributed by atoms with van der Waals surface area (Å²) < 4.78 is 13.1. The van der Waals surface area contributed by atoms with Crippen molar-refractivity contribution in [1.29, 1.82) is 0 Å². The fourth-order valence-corrected chi connectivity index (χ4v) is 2.32. The minimum absolute atomic E-state index is 0.297. The third-order valence-corrected chi connectivity index (χ3v) is 3.36. The van der Waals surface area contributed by atoms with Crippen LogP contribution in [0.4, 0.5) is 10.1 Å². The number of rotatable bonds is 3. The zero-order valence-electron chi connectivity index (χ0n) is 11.3. The summed E-state index contributed by atoms with van der Waals surface area (Å²) >= 11 is 0. The summed E-state index contributed by atoms with van der Waals surface area (Å²) in [5, 5.41) is 2.42. The van der Waals surface area contributed by atoms with Gasteiger partial charge in [0.1, 0.15) is 5.82 Å². The van der Waals surface area contributed by atoms with Crippen LogP contribution in [-0.2, 0) is 6.54 Å². The Morgan fingerprint density at radius 1 is 1.00 bits per heavy atom. The van der Waals surface area contributed by atoms with E-state index in [0.29, 0.717) is 6.54 Å². The van der Waals surface area contributed by atoms with Gasteiger partial charge < -0.3 is 4.90 Å². The second kappa shape index (κ2) is 5.29. The van der Waals surface area contributed by atoms with E-state index in [-0.39, 0.29) is 5.82 Å². The molecule has 0 radical (unpaired) electrons. The lowest BCUT2D eigenvalue weighted by Gasteiger charge is -2.19. The number of benzene rings is 2. The number of hydrogen-bond donors (Lipinski definition) is 0. The minimum atomic E-state index is -0.297. The molecule has 0 N–H and O–H groups in total. The van der Waals surface area contributed by atoms with E-state index >= 15 is 0 Å². The van der Waals surface area contributed by atoms with Crippen molar-refractivity contribution in [2.45, 2.75) is 6.54 Å². The van der Waals surface area contributed by atoms with Crippen LogP contribution in [0.25, 0.3) is 10.8 Å². The Kier molecular flexibility index (Phi) is 3.33. The number of pyridine rings is 1. The van der Waals surface area contributed by atoms with Gasteiger partial charge in [-0.15, -0.1) is 0 Å². The van der Waals surface area contributed by atoms with E-state index in [4.69, 9.17) is 0 Å². The number of aromatic nitrogens is 1. The monoisotopic (exact) mass is 266 g/mol. The number of halogens is 1. The second-order valence-corrected chi connectivity index (χ2v) is 4.90. The molecule has 0 amide bonds. The van der Waals surface area contributed by atoms with E-state index < -0.39 is 0 Å². The lowest BCUT2D eigenvalue weighted by molar-refractivity contribution is 0.618. The second-order valence-electron chi connectivity index (χ2n) is 4.90. The van der Waals surface area contributed by atoms with Crippen molar-refractivity contribution in [1.82, 2.24) is 4.98 Å². The van der Waals surface area contributed by atoms with Gasteiger partial charge in [0.25, 0.3) is 0 Å². The highest BCUT2D eigenvalue weighted by atomic mass is 19.1. The summed E-state index contributed by atoms with van der Waals surface area (Å²) in [6.07, 6.45) is 2.92. The summed E-state index contributed by atoms with van der Waals surface area (Å²) in [5.41, 5.74) is 1.97. The Balaban J connectivity index is 1.86. The third-order valence-electron chi connectivity index (χ3n) is 3.36. The van der Waals surface area contributed by atoms with Gasteiger partial charge in [0, 0.05) is 25.5 Å². The predicted molar refractivity (Wildman–Crippen MR) is 80.3 cm³/mol. The Labute approximate surface area is 117 Å². The molecule has 3 heteroatoms. The van der Waals surface area contributed by atoms with Crippen LogP contribution in [0, 0.1) is 5.82 Å². The van der Waals surface area contributed by atoms with Gasteiger partial charge in [-0.05, 0) is 34.5 Å². The van der Waals surface area contributed by atoms with Crippen molar-refractivity contribution in [2.75, 3.05) is 11.9 Å². The normalized spacial score (nSPS) is 10.7. The van der Waals surface area contributed by atoms with Crippen molar-refractivity contribution >= 4 is 16.5 Å². The summed E-state index contributed by atoms with van der Waals surface area (Å²) in [6, 6.07) is 16.1. The van der Waals surface area contributed by atoms with E-state index in [1.54, 1.807) is 6.20 Å². The van der Waals surface area contributed by atoms with Gasteiger partial charge in [0.05, 0.1) is 6.20 Å². The molecule has 0 atom stereocenters. The van der Waals surface area contributed by atoms with Crippen LogP contribution < -0.4 is 4.90 Å². The molecular formula is C17H15FN2. The molecule has 0 aliphatic rings. The fourth-order valence-electron chi connectivity index (χ4n) is 2.32. The first kappa shape index (κ1) is 12.6. The van der Waals surface area contributed by atoms with Crippen LogP contribution in [-0.4, -0.2) is 12.0 Å². The predicted octanol–water partition coefficient (Wildman–Crippen LogP) is 4.01. The lowest BCUT2D eigenvalue weighted by atomic mass is 10.1. The molecular weight excluding hydrogens is 251 g/mol. The molecule has 0 saturated carbocycles. The van der Waals surface area contributed by atoms with E-state index in [1.165, 1.54) is 23.0 Å². The highest BCUT2D eigenvalue weighted by molar-refractivity contribution is 5.85. The van der Waals surface area contributed by atoms with Gasteiger partial charge in [-0.2, -0.15) is 0 Å². The quantitative estimate of drug-likeness (QED) is 0.712. The van der Waals surface area contributed by atoms with Crippen LogP contribution >= 0.6 is 0 Å². The van der Waals surface area contributed by atoms with Gasteiger partial charge in [-0.3, -0.25) is 4.98 Å². The minimum Gasteiger partial charge on any atom is -0.370 e. The van der Waals surface area contributed by atoms with Crippen LogP contribution in [0.3, 0.4) is 0 Å². The molecule has 0 unspecified atom stereocenters. The van der Waals surface area contributed by atoms with E-state index in [2.05, 4.69) is 40.2 Å². The highest BCUT2D eigenvalue weighted by Gasteiger charge is 2.04. The van der Waals surface area contributed by atoms with E-state index in [0.717, 1.165) is 11.3 Å². The molecule has 0 spiro atoms. The molecule has 3 rings (SSSR count). The molecule has 3 aromatic rings. The molecule has 2 aromatic carbocycles. The fraction of sp³-hybridized carbons (Fsp3) is 0.118. The van der Waals surface area contributed by atoms with Gasteiger partial charge >= 0.3 is 0 Å². The summed E-state index contributed by atoms with van der Waals surface area (Å²) in [6.45, 7) is 0.628. The number of hydrogen-bond acceptors (Lipinski definition) is 2. The Morgan fingerprint density at radius 2 is 1.80 bits per heavy atom. The zero-order chi connectivity index (χ0) is 13.9. The van der Waals surface area contributed by atoms with E-state index in [1.807, 2.05) is 19.2 Å². The third kappa shape index (κ3) is 2.62. The van der Waals surface area contributed by atoms with E-state index in [9.17, 15) is 4.39 Å². The molecule has 0 bridgehead atoms. The summed E-state index contributed by atoms with van der Waals surface area (Å²) in [4.78, 5) is 5.97. The van der Waals surface area contributed by atoms with Crippen molar-refractivity contribution in [3.05, 3.63) is 72.3 Å². The molecule has 100 valence electrons. The standard InChI is InChI=1S/C17H15FN2/c1-20(12-13-8-16(18)11-19-10-13)17-7-6-14-4-2-3-5-15(14)9-17/h2-11H,12H2,1H3. The zero-order valence-corrected chi connectivity index (χ0v) is 11.3. The molecule has 0 aliphatic heterocycles. The van der Waals surface area contributed by atoms with Gasteiger partial charge in [0.15, 0.2) is 0 Å². The molecule has 0 fully saturated rings. The summed E-state index contributed by atoms with van der Waals surface area (Å²) in [5.74, 6) is -0.297. The van der Waals surface area contributed by atoms with Crippen molar-refractivity contribution in [2.24, 2.45) is 0 Å². The number of anilines is 1. The summed E-state index contributed by atoms with van der Waals surface area (Å²) in [7, 11) is 2.00. The van der Waals surface area contributed by atoms with Gasteiger partial charge in [-0.1, -0.05) is 30.3 Å². The Bertz CT molecular complexity index is 740. The first-order chi connectivity index (χ1) is 9.72. The molecule has 0 saturated heterocycles. The van der Waals surface area contributed by atoms with Crippen molar-refractivity contribution in [3.8, 4) is 0 Å². The molecule has 2 nitrogen and oxygen atoms in total. The Morgan fingerprint density at radius 3 is 2.60 bits per heavy atom. The molecule has 0 aliphatic carbocycles. The number of nitrogens with zero attached hydrogens (tertiary/aromatic N) is 2. The maximum absolute atomic E-state index is 13.1. The maximum Gasteiger partial charge on any atom is 0.141 e. The molecule has 1 aromatic heterocycles. The van der Waals surface area contributed by atoms with Crippen LogP contribution in [0.2, 0.25) is 0 Å². The molecule has 20 heavy (non-hydrogen) atoms. The average Bonchev–Trinajstić information content (AvgIpc) is 2.47. The topological polar surface area (TPSA) is 16.1 Å². The maximum atomic E-state index is 13.1. The molecule has 1 heterocycles. The SMILES string of the molecule is CN(Cc1cncc(F)c1)c1ccc2ccccc2c1. The first-order valence-corrected chi connectivity index (χ1v) is 6.52. The largest absolute Gasteiger partial charge is 0.370 e. The van der Waals surface area contributed by atoms with Gasteiger partial charge in [0.2, 0.25) is 0 Å². The van der Waals surface area contributed by atoms with Crippen LogP contribution in [0.5, 0.6) is 0 Å². The Hall–Kier alpha value is -2.42. The first-order valence-electron chi connectivity index (χ1n) is 6.52. The van der Waals surface area contributed by atoms with Crippen LogP contribution in [0.15, 0.2) is 60.9 Å². The van der Waals surface area contributed by atoms with Crippen LogP contribution in [0.1, 0.15) is 5.56 Å². The smallest absolute Gasteiger partial charge is 0.141 e. The van der Waals surface area contributed by atoms with Crippen molar-refractivity contribution in [3.63, 3.8) is 0 Å². The van der Waals surface area contributed by atoms with Crippen molar-refractivity contribution < 1.29 is 4.39 Å². The number of fused-ring (bicyclic) bond motifs is 1. The van der Waals surface area contributed by atoms with Gasteiger partial charge in [-0.25, -0.2) is 4.39 Å².